The SMILES string of the molecule is Cc1ccc(N2C(=O)CS[C@@]23C(=O)N(CC(=O)Nc2ccc(C)c(C)c2)c2ccccc23)cc1. The number of thioether (sulfide) groups is 1. The van der Waals surface area contributed by atoms with Crippen molar-refractivity contribution in [2.24, 2.45) is 0 Å². The van der Waals surface area contributed by atoms with Crippen molar-refractivity contribution < 1.29 is 14.4 Å². The van der Waals surface area contributed by atoms with Crippen LogP contribution in [0.4, 0.5) is 17.1 Å². The smallest absolute Gasteiger partial charge is 0.269 e. The summed E-state index contributed by atoms with van der Waals surface area (Å²) >= 11 is 1.31. The number of anilines is 3. The third kappa shape index (κ3) is 3.47. The van der Waals surface area contributed by atoms with Gasteiger partial charge in [-0.15, -0.1) is 11.8 Å². The summed E-state index contributed by atoms with van der Waals surface area (Å²) in [6.45, 7) is 5.84. The van der Waals surface area contributed by atoms with E-state index in [1.54, 1.807) is 4.90 Å². The van der Waals surface area contributed by atoms with Gasteiger partial charge in [0, 0.05) is 16.9 Å². The number of nitrogens with one attached hydrogen (secondary N) is 1. The second-order valence-corrected chi connectivity index (χ2v) is 9.92. The summed E-state index contributed by atoms with van der Waals surface area (Å²) in [6.07, 6.45) is 0. The Balaban J connectivity index is 1.50. The number of para-hydroxylation sites is 1. The molecule has 0 radical (unpaired) electrons. The number of carbonyl (C=O) groups is 3. The second-order valence-electron chi connectivity index (χ2n) is 8.75. The molecule has 7 heteroatoms. The summed E-state index contributed by atoms with van der Waals surface area (Å²) in [5.74, 6) is -0.505. The zero-order valence-electron chi connectivity index (χ0n) is 19.3. The number of hydrogen-bond acceptors (Lipinski definition) is 4. The number of amides is 3. The van der Waals surface area contributed by atoms with Crippen molar-refractivity contribution in [1.29, 1.82) is 0 Å². The van der Waals surface area contributed by atoms with Crippen molar-refractivity contribution in [3.63, 3.8) is 0 Å². The minimum atomic E-state index is -1.22. The van der Waals surface area contributed by atoms with Crippen molar-refractivity contribution in [3.05, 3.63) is 89.0 Å². The molecule has 0 saturated carbocycles. The molecule has 34 heavy (non-hydrogen) atoms. The Kier molecular flexibility index (Phi) is 5.44. The first-order chi connectivity index (χ1) is 16.3. The molecule has 3 aromatic carbocycles. The Labute approximate surface area is 202 Å². The van der Waals surface area contributed by atoms with Gasteiger partial charge in [0.25, 0.3) is 5.91 Å². The van der Waals surface area contributed by atoms with E-state index in [9.17, 15) is 14.4 Å². The maximum Gasteiger partial charge on any atom is 0.269 e. The molecule has 1 atom stereocenters. The molecule has 5 rings (SSSR count). The first-order valence-corrected chi connectivity index (χ1v) is 12.1. The van der Waals surface area contributed by atoms with E-state index in [0.29, 0.717) is 17.1 Å². The lowest BCUT2D eigenvalue weighted by Gasteiger charge is -2.33. The van der Waals surface area contributed by atoms with Crippen LogP contribution in [0.3, 0.4) is 0 Å². The molecule has 3 aromatic rings. The van der Waals surface area contributed by atoms with E-state index in [-0.39, 0.29) is 30.0 Å². The summed E-state index contributed by atoms with van der Waals surface area (Å²) in [4.78, 5) is 41.9. The Morgan fingerprint density at radius 3 is 2.44 bits per heavy atom. The Morgan fingerprint density at radius 2 is 1.71 bits per heavy atom. The van der Waals surface area contributed by atoms with Crippen LogP contribution >= 0.6 is 11.8 Å². The normalized spacial score (nSPS) is 19.1. The van der Waals surface area contributed by atoms with Gasteiger partial charge in [0.1, 0.15) is 6.54 Å². The van der Waals surface area contributed by atoms with Crippen LogP contribution in [0.1, 0.15) is 22.3 Å². The number of carbonyl (C=O) groups excluding carboxylic acids is 3. The van der Waals surface area contributed by atoms with Crippen LogP contribution in [0.25, 0.3) is 0 Å². The van der Waals surface area contributed by atoms with Crippen molar-refractivity contribution >= 4 is 46.5 Å². The van der Waals surface area contributed by atoms with Crippen molar-refractivity contribution in [2.45, 2.75) is 25.6 Å². The van der Waals surface area contributed by atoms with Crippen molar-refractivity contribution in [3.8, 4) is 0 Å². The Bertz CT molecular complexity index is 1320. The highest BCUT2D eigenvalue weighted by molar-refractivity contribution is 8.02. The quantitative estimate of drug-likeness (QED) is 0.607. The molecule has 0 unspecified atom stereocenters. The van der Waals surface area contributed by atoms with Crippen LogP contribution in [0.5, 0.6) is 0 Å². The molecule has 3 amide bonds. The lowest BCUT2D eigenvalue weighted by atomic mass is 10.0. The lowest BCUT2D eigenvalue weighted by Crippen LogP contribution is -2.50. The maximum atomic E-state index is 14.0. The molecule has 2 aliphatic rings. The number of nitrogens with zero attached hydrogens (tertiary/aromatic N) is 2. The molecule has 1 fully saturated rings. The van der Waals surface area contributed by atoms with Crippen LogP contribution in [0.2, 0.25) is 0 Å². The topological polar surface area (TPSA) is 69.7 Å². The highest BCUT2D eigenvalue weighted by Crippen LogP contribution is 2.55. The summed E-state index contributed by atoms with van der Waals surface area (Å²) < 4.78 is 0. The average molecular weight is 472 g/mol. The van der Waals surface area contributed by atoms with Gasteiger partial charge in [-0.05, 0) is 62.2 Å². The van der Waals surface area contributed by atoms with Gasteiger partial charge in [-0.25, -0.2) is 0 Å². The van der Waals surface area contributed by atoms with Gasteiger partial charge >= 0.3 is 0 Å². The first-order valence-electron chi connectivity index (χ1n) is 11.1. The van der Waals surface area contributed by atoms with E-state index in [4.69, 9.17) is 0 Å². The molecule has 172 valence electrons. The fourth-order valence-corrected chi connectivity index (χ4v) is 5.93. The molecule has 2 aliphatic heterocycles. The summed E-state index contributed by atoms with van der Waals surface area (Å²) in [5, 5.41) is 2.90. The second kappa shape index (κ2) is 8.33. The fourth-order valence-electron chi connectivity index (χ4n) is 4.57. The summed E-state index contributed by atoms with van der Waals surface area (Å²) in [7, 11) is 0. The summed E-state index contributed by atoms with van der Waals surface area (Å²) in [6, 6.07) is 20.7. The molecule has 1 N–H and O–H groups in total. The van der Waals surface area contributed by atoms with Gasteiger partial charge in [0.2, 0.25) is 16.7 Å². The van der Waals surface area contributed by atoms with Crippen molar-refractivity contribution in [2.75, 3.05) is 27.4 Å². The van der Waals surface area contributed by atoms with Gasteiger partial charge in [-0.3, -0.25) is 24.2 Å². The Morgan fingerprint density at radius 1 is 0.971 bits per heavy atom. The largest absolute Gasteiger partial charge is 0.325 e. The number of hydrogen-bond donors (Lipinski definition) is 1. The van der Waals surface area contributed by atoms with Gasteiger partial charge in [0.05, 0.1) is 11.4 Å². The van der Waals surface area contributed by atoms with Crippen LogP contribution < -0.4 is 15.1 Å². The number of aryl methyl sites for hydroxylation is 3. The fraction of sp³-hybridized carbons (Fsp3) is 0.222. The zero-order valence-corrected chi connectivity index (χ0v) is 20.1. The maximum absolute atomic E-state index is 14.0. The number of benzene rings is 3. The molecular weight excluding hydrogens is 446 g/mol. The molecular formula is C27H25N3O3S. The molecule has 0 aromatic heterocycles. The van der Waals surface area contributed by atoms with E-state index in [0.717, 1.165) is 22.3 Å². The third-order valence-electron chi connectivity index (χ3n) is 6.45. The van der Waals surface area contributed by atoms with Gasteiger partial charge < -0.3 is 5.32 Å². The monoisotopic (exact) mass is 471 g/mol. The highest BCUT2D eigenvalue weighted by Gasteiger charge is 2.61. The standard InChI is InChI=1S/C27H25N3O3S/c1-17-8-12-21(13-9-17)30-25(32)16-34-27(30)22-6-4-5-7-23(22)29(26(27)33)15-24(31)28-20-11-10-18(2)19(3)14-20/h4-14H,15-16H2,1-3H3,(H,28,31)/t27-/m0/s1. The Hall–Kier alpha value is -3.58. The minimum Gasteiger partial charge on any atom is -0.325 e. The molecule has 0 aliphatic carbocycles. The van der Waals surface area contributed by atoms with E-state index in [2.05, 4.69) is 5.32 Å². The van der Waals surface area contributed by atoms with E-state index < -0.39 is 4.87 Å². The molecule has 1 spiro atoms. The van der Waals surface area contributed by atoms with Gasteiger partial charge in [-0.2, -0.15) is 0 Å². The highest BCUT2D eigenvalue weighted by atomic mass is 32.2. The van der Waals surface area contributed by atoms with Crippen LogP contribution in [0.15, 0.2) is 66.7 Å². The van der Waals surface area contributed by atoms with E-state index in [1.807, 2.05) is 87.5 Å². The van der Waals surface area contributed by atoms with Gasteiger partial charge in [-0.1, -0.05) is 42.0 Å². The summed E-state index contributed by atoms with van der Waals surface area (Å²) in [5.41, 5.74) is 6.04. The average Bonchev–Trinajstić information content (AvgIpc) is 3.28. The van der Waals surface area contributed by atoms with Crippen molar-refractivity contribution in [1.82, 2.24) is 0 Å². The number of fused-ring (bicyclic) bond motifs is 2. The third-order valence-corrected chi connectivity index (χ3v) is 7.83. The molecule has 1 saturated heterocycles. The van der Waals surface area contributed by atoms with E-state index >= 15 is 0 Å². The predicted octanol–water partition coefficient (Wildman–Crippen LogP) is 4.53. The van der Waals surface area contributed by atoms with Gasteiger partial charge in [0.15, 0.2) is 0 Å². The van der Waals surface area contributed by atoms with Crippen LogP contribution in [-0.2, 0) is 19.3 Å². The predicted molar refractivity (Wildman–Crippen MR) is 136 cm³/mol. The molecule has 6 nitrogen and oxygen atoms in total. The number of rotatable bonds is 4. The minimum absolute atomic E-state index is 0.126. The van der Waals surface area contributed by atoms with Crippen LogP contribution in [-0.4, -0.2) is 30.0 Å². The molecule has 2 heterocycles. The van der Waals surface area contributed by atoms with E-state index in [1.165, 1.54) is 16.7 Å². The lowest BCUT2D eigenvalue weighted by molar-refractivity contribution is -0.124. The first kappa shape index (κ1) is 22.2. The zero-order chi connectivity index (χ0) is 24.0. The molecule has 0 bridgehead atoms. The van der Waals surface area contributed by atoms with Crippen LogP contribution in [0, 0.1) is 20.8 Å².